The fourth-order valence-electron chi connectivity index (χ4n) is 4.39. The third kappa shape index (κ3) is 2.50. The second-order valence-corrected chi connectivity index (χ2v) is 8.62. The van der Waals surface area contributed by atoms with Gasteiger partial charge in [0, 0.05) is 16.5 Å². The van der Waals surface area contributed by atoms with Gasteiger partial charge in [-0.3, -0.25) is 0 Å². The van der Waals surface area contributed by atoms with Gasteiger partial charge in [-0.1, -0.05) is 15.9 Å². The standard InChI is InChI=1S/C20H22BrN3O2/c1-13-3-5-19(25-13)16-12-17-15-11-14(21)4-6-18(15)26-20(24(17)22-16)7-9-23(2)10-8-20/h3-6,11,17H,7-10,12H2,1-2H3/p+1/t17-/m0/s1. The summed E-state index contributed by atoms with van der Waals surface area (Å²) < 4.78 is 13.6. The van der Waals surface area contributed by atoms with Crippen LogP contribution in [0.4, 0.5) is 0 Å². The van der Waals surface area contributed by atoms with Crippen LogP contribution < -0.4 is 9.64 Å². The fourth-order valence-corrected chi connectivity index (χ4v) is 4.77. The minimum Gasteiger partial charge on any atom is -0.466 e. The van der Waals surface area contributed by atoms with Crippen molar-refractivity contribution in [1.29, 1.82) is 0 Å². The zero-order chi connectivity index (χ0) is 17.9. The van der Waals surface area contributed by atoms with Crippen LogP contribution in [0, 0.1) is 6.92 Å². The molecule has 5 nitrogen and oxygen atoms in total. The highest BCUT2D eigenvalue weighted by atomic mass is 79.9. The van der Waals surface area contributed by atoms with Crippen molar-refractivity contribution in [3.05, 3.63) is 51.9 Å². The van der Waals surface area contributed by atoms with Crippen LogP contribution in [0.15, 0.2) is 44.3 Å². The minimum absolute atomic E-state index is 0.204. The second-order valence-electron chi connectivity index (χ2n) is 7.71. The molecule has 0 saturated carbocycles. The molecular weight excluding hydrogens is 394 g/mol. The third-order valence-electron chi connectivity index (χ3n) is 5.87. The van der Waals surface area contributed by atoms with E-state index in [4.69, 9.17) is 14.3 Å². The highest BCUT2D eigenvalue weighted by Crippen LogP contribution is 2.49. The van der Waals surface area contributed by atoms with E-state index in [0.29, 0.717) is 0 Å². The van der Waals surface area contributed by atoms with Gasteiger partial charge in [0.15, 0.2) is 0 Å². The Morgan fingerprint density at radius 3 is 2.77 bits per heavy atom. The number of hydrogen-bond acceptors (Lipinski definition) is 4. The number of quaternary nitrogens is 1. The molecule has 2 aromatic rings. The Bertz CT molecular complexity index is 883. The summed E-state index contributed by atoms with van der Waals surface area (Å²) in [7, 11) is 2.25. The molecule has 5 rings (SSSR count). The number of likely N-dealkylation sites (tertiary alicyclic amines) is 1. The molecule has 1 aromatic carbocycles. The van der Waals surface area contributed by atoms with E-state index < -0.39 is 0 Å². The van der Waals surface area contributed by atoms with Gasteiger partial charge in [0.05, 0.1) is 39.0 Å². The van der Waals surface area contributed by atoms with Crippen LogP contribution in [0.3, 0.4) is 0 Å². The van der Waals surface area contributed by atoms with E-state index in [1.165, 1.54) is 5.56 Å². The molecule has 0 aliphatic carbocycles. The van der Waals surface area contributed by atoms with Crippen molar-refractivity contribution in [2.75, 3.05) is 20.1 Å². The molecule has 0 unspecified atom stereocenters. The molecule has 6 heteroatoms. The molecule has 0 radical (unpaired) electrons. The van der Waals surface area contributed by atoms with E-state index in [2.05, 4.69) is 46.2 Å². The van der Waals surface area contributed by atoms with E-state index in [-0.39, 0.29) is 11.8 Å². The molecule has 4 heterocycles. The maximum absolute atomic E-state index is 6.62. The van der Waals surface area contributed by atoms with Gasteiger partial charge in [-0.05, 0) is 37.3 Å². The quantitative estimate of drug-likeness (QED) is 0.776. The molecule has 3 aliphatic rings. The average molecular weight is 417 g/mol. The summed E-state index contributed by atoms with van der Waals surface area (Å²) in [4.78, 5) is 1.56. The predicted octanol–water partition coefficient (Wildman–Crippen LogP) is 2.90. The Morgan fingerprint density at radius 1 is 1.23 bits per heavy atom. The number of nitrogens with one attached hydrogen (secondary N) is 1. The van der Waals surface area contributed by atoms with Crippen LogP contribution >= 0.6 is 15.9 Å². The van der Waals surface area contributed by atoms with Gasteiger partial charge >= 0.3 is 0 Å². The van der Waals surface area contributed by atoms with Crippen LogP contribution in [-0.2, 0) is 0 Å². The van der Waals surface area contributed by atoms with Crippen molar-refractivity contribution in [3.63, 3.8) is 0 Å². The third-order valence-corrected chi connectivity index (χ3v) is 6.36. The number of ether oxygens (including phenoxy) is 1. The minimum atomic E-state index is -0.339. The van der Waals surface area contributed by atoms with E-state index >= 15 is 0 Å². The lowest BCUT2D eigenvalue weighted by molar-refractivity contribution is -0.888. The molecule has 26 heavy (non-hydrogen) atoms. The van der Waals surface area contributed by atoms with E-state index in [1.54, 1.807) is 4.90 Å². The number of furan rings is 1. The van der Waals surface area contributed by atoms with Crippen molar-refractivity contribution in [3.8, 4) is 5.75 Å². The molecule has 1 N–H and O–H groups in total. The number of halogens is 1. The molecule has 1 atom stereocenters. The zero-order valence-electron chi connectivity index (χ0n) is 15.1. The van der Waals surface area contributed by atoms with Gasteiger partial charge in [-0.2, -0.15) is 5.10 Å². The molecule has 0 bridgehead atoms. The first-order valence-electron chi connectivity index (χ1n) is 9.27. The Kier molecular flexibility index (Phi) is 3.69. The van der Waals surface area contributed by atoms with Crippen LogP contribution in [0.5, 0.6) is 5.75 Å². The zero-order valence-corrected chi connectivity index (χ0v) is 16.7. The number of piperidine rings is 1. The highest BCUT2D eigenvalue weighted by Gasteiger charge is 2.52. The molecule has 1 fully saturated rings. The average Bonchev–Trinajstić information content (AvgIpc) is 3.25. The second kappa shape index (κ2) is 5.86. The molecule has 0 amide bonds. The largest absolute Gasteiger partial charge is 0.466 e. The van der Waals surface area contributed by atoms with Gasteiger partial charge in [0.2, 0.25) is 5.72 Å². The summed E-state index contributed by atoms with van der Waals surface area (Å²) >= 11 is 3.61. The van der Waals surface area contributed by atoms with Crippen LogP contribution in [0.2, 0.25) is 0 Å². The lowest BCUT2D eigenvalue weighted by atomic mass is 9.91. The SMILES string of the molecule is Cc1ccc(C2=NN3[C@@H](C2)c2cc(Br)ccc2OC32CC[NH+](C)CC2)o1. The summed E-state index contributed by atoms with van der Waals surface area (Å²) in [6.45, 7) is 4.17. The maximum atomic E-state index is 6.62. The van der Waals surface area contributed by atoms with Crippen molar-refractivity contribution < 1.29 is 14.1 Å². The highest BCUT2D eigenvalue weighted by molar-refractivity contribution is 9.10. The smallest absolute Gasteiger partial charge is 0.208 e. The number of benzene rings is 1. The normalized spacial score (nSPS) is 30.0. The van der Waals surface area contributed by atoms with Crippen molar-refractivity contribution >= 4 is 21.6 Å². The lowest BCUT2D eigenvalue weighted by Crippen LogP contribution is -3.11. The number of aryl methyl sites for hydroxylation is 1. The van der Waals surface area contributed by atoms with E-state index in [1.807, 2.05) is 19.1 Å². The summed E-state index contributed by atoms with van der Waals surface area (Å²) in [5.74, 6) is 2.80. The molecule has 136 valence electrons. The number of hydrazone groups is 1. The summed E-state index contributed by atoms with van der Waals surface area (Å²) in [5.41, 5.74) is 1.89. The van der Waals surface area contributed by atoms with Gasteiger partial charge in [-0.15, -0.1) is 0 Å². The Balaban J connectivity index is 1.59. The first-order chi connectivity index (χ1) is 12.5. The summed E-state index contributed by atoms with van der Waals surface area (Å²) in [5, 5.41) is 7.27. The van der Waals surface area contributed by atoms with E-state index in [0.717, 1.165) is 59.8 Å². The molecular formula is C20H23BrN3O2+. The molecule has 1 saturated heterocycles. The van der Waals surface area contributed by atoms with Crippen LogP contribution in [-0.4, -0.2) is 36.6 Å². The Morgan fingerprint density at radius 2 is 2.04 bits per heavy atom. The molecule has 3 aliphatic heterocycles. The number of rotatable bonds is 1. The van der Waals surface area contributed by atoms with Gasteiger partial charge in [-0.25, -0.2) is 5.01 Å². The monoisotopic (exact) mass is 416 g/mol. The molecule has 1 spiro atoms. The number of hydrogen-bond donors (Lipinski definition) is 1. The van der Waals surface area contributed by atoms with Gasteiger partial charge < -0.3 is 14.1 Å². The Hall–Kier alpha value is -1.79. The first kappa shape index (κ1) is 16.4. The van der Waals surface area contributed by atoms with Crippen molar-refractivity contribution in [1.82, 2.24) is 5.01 Å². The molecule has 1 aromatic heterocycles. The van der Waals surface area contributed by atoms with Crippen molar-refractivity contribution in [2.24, 2.45) is 5.10 Å². The van der Waals surface area contributed by atoms with Crippen LogP contribution in [0.25, 0.3) is 0 Å². The number of nitrogens with zero attached hydrogens (tertiary/aromatic N) is 2. The summed E-state index contributed by atoms with van der Waals surface area (Å²) in [6.07, 6.45) is 2.82. The van der Waals surface area contributed by atoms with Gasteiger partial charge in [0.1, 0.15) is 23.0 Å². The van der Waals surface area contributed by atoms with Crippen molar-refractivity contribution in [2.45, 2.75) is 38.0 Å². The van der Waals surface area contributed by atoms with E-state index in [9.17, 15) is 0 Å². The number of fused-ring (bicyclic) bond motifs is 4. The Labute approximate surface area is 161 Å². The topological polar surface area (TPSA) is 42.4 Å². The van der Waals surface area contributed by atoms with Gasteiger partial charge in [0.25, 0.3) is 0 Å². The summed E-state index contributed by atoms with van der Waals surface area (Å²) in [6, 6.07) is 10.6. The lowest BCUT2D eigenvalue weighted by Gasteiger charge is -2.49. The fraction of sp³-hybridized carbons (Fsp3) is 0.450. The predicted molar refractivity (Wildman–Crippen MR) is 103 cm³/mol. The first-order valence-corrected chi connectivity index (χ1v) is 10.1. The van der Waals surface area contributed by atoms with Crippen LogP contribution in [0.1, 0.15) is 42.4 Å². The maximum Gasteiger partial charge on any atom is 0.208 e.